The molecule has 0 unspecified atom stereocenters. The number of fused-ring (bicyclic) bond motifs is 1. The Morgan fingerprint density at radius 3 is 2.60 bits per heavy atom. The maximum Gasteiger partial charge on any atom is 0.178 e. The molecule has 1 aromatic heterocycles. The van der Waals surface area contributed by atoms with E-state index >= 15 is 0 Å². The number of anilines is 2. The summed E-state index contributed by atoms with van der Waals surface area (Å²) in [5.41, 5.74) is 3.03. The van der Waals surface area contributed by atoms with Crippen LogP contribution in [0.25, 0.3) is 11.3 Å². The van der Waals surface area contributed by atoms with Gasteiger partial charge in [0.1, 0.15) is 18.2 Å². The van der Waals surface area contributed by atoms with Gasteiger partial charge >= 0.3 is 0 Å². The molecule has 0 aliphatic carbocycles. The Balaban J connectivity index is 1.43. The van der Waals surface area contributed by atoms with Crippen molar-refractivity contribution in [3.05, 3.63) is 64.6 Å². The molecule has 1 fully saturated rings. The van der Waals surface area contributed by atoms with Gasteiger partial charge in [-0.1, -0.05) is 17.7 Å². The third-order valence-corrected chi connectivity index (χ3v) is 6.71. The van der Waals surface area contributed by atoms with Crippen molar-refractivity contribution < 1.29 is 13.5 Å². The van der Waals surface area contributed by atoms with Gasteiger partial charge in [-0.3, -0.25) is 0 Å². The van der Waals surface area contributed by atoms with E-state index in [4.69, 9.17) is 16.3 Å². The van der Waals surface area contributed by atoms with E-state index in [1.54, 1.807) is 0 Å². The molecule has 0 bridgehead atoms. The molecule has 1 N–H and O–H groups in total. The summed E-state index contributed by atoms with van der Waals surface area (Å²) in [6, 6.07) is 8.68. The third-order valence-electron chi connectivity index (χ3n) is 6.43. The molecule has 3 heterocycles. The minimum Gasteiger partial charge on any atom is -0.486 e. The van der Waals surface area contributed by atoms with Crippen molar-refractivity contribution in [1.29, 1.82) is 0 Å². The zero-order valence-electron chi connectivity index (χ0n) is 19.8. The van der Waals surface area contributed by atoms with Gasteiger partial charge in [-0.2, -0.15) is 0 Å². The highest BCUT2D eigenvalue weighted by Crippen LogP contribution is 2.40. The van der Waals surface area contributed by atoms with E-state index in [1.165, 1.54) is 18.3 Å². The highest BCUT2D eigenvalue weighted by molar-refractivity contribution is 6.32. The lowest BCUT2D eigenvalue weighted by Crippen LogP contribution is -2.43. The molecule has 0 atom stereocenters. The van der Waals surface area contributed by atoms with Crippen molar-refractivity contribution >= 4 is 23.0 Å². The van der Waals surface area contributed by atoms with Gasteiger partial charge in [0.25, 0.3) is 0 Å². The molecule has 6 nitrogen and oxygen atoms in total. The minimum atomic E-state index is -0.454. The van der Waals surface area contributed by atoms with Crippen molar-refractivity contribution in [2.45, 2.75) is 26.3 Å². The van der Waals surface area contributed by atoms with Gasteiger partial charge in [0.05, 0.1) is 28.6 Å². The van der Waals surface area contributed by atoms with Crippen LogP contribution in [0.1, 0.15) is 25.2 Å². The first-order chi connectivity index (χ1) is 16.9. The molecular formula is C26H28ClF2N5O. The number of hydrogen-bond acceptors (Lipinski definition) is 6. The fraction of sp³-hybridized carbons (Fsp3) is 0.385. The second kappa shape index (κ2) is 9.95. The number of hydrogen-bond donors (Lipinski definition) is 1. The number of nitrogens with one attached hydrogen (secondary N) is 1. The van der Waals surface area contributed by atoms with Gasteiger partial charge in [0.2, 0.25) is 0 Å². The van der Waals surface area contributed by atoms with Crippen LogP contribution in [0.5, 0.6) is 5.75 Å². The molecule has 2 aromatic carbocycles. The molecule has 184 valence electrons. The van der Waals surface area contributed by atoms with Crippen LogP contribution in [-0.2, 0) is 6.42 Å². The Kier molecular flexibility index (Phi) is 6.75. The molecule has 9 heteroatoms. The minimum absolute atomic E-state index is 0.183. The van der Waals surface area contributed by atoms with E-state index in [9.17, 15) is 8.78 Å². The molecule has 3 aromatic rings. The zero-order chi connectivity index (χ0) is 24.5. The predicted octanol–water partition coefficient (Wildman–Crippen LogP) is 4.68. The maximum atomic E-state index is 15.0. The summed E-state index contributed by atoms with van der Waals surface area (Å²) in [4.78, 5) is 13.1. The lowest BCUT2D eigenvalue weighted by molar-refractivity contribution is 0.287. The standard InChI is InChI=1S/C26H28ClF2N5O/c1-16(2)34-9-10-35-26-21(29)13-18(14-23(26)34)25-19(27)15-31-24(32-25)12-17-3-4-22(20(28)11-17)33-7-5-30-6-8-33/h3-4,11,13-16,30H,5-10,12H2,1-2H3. The van der Waals surface area contributed by atoms with Gasteiger partial charge in [-0.05, 0) is 43.7 Å². The van der Waals surface area contributed by atoms with Crippen LogP contribution in [0.15, 0.2) is 36.5 Å². The lowest BCUT2D eigenvalue weighted by Gasteiger charge is -2.34. The molecule has 0 radical (unpaired) electrons. The maximum absolute atomic E-state index is 15.0. The zero-order valence-corrected chi connectivity index (χ0v) is 20.6. The number of aromatic nitrogens is 2. The lowest BCUT2D eigenvalue weighted by atomic mass is 10.1. The van der Waals surface area contributed by atoms with E-state index in [1.807, 2.05) is 23.1 Å². The molecule has 0 saturated carbocycles. The highest BCUT2D eigenvalue weighted by Gasteiger charge is 2.25. The van der Waals surface area contributed by atoms with Crippen LogP contribution < -0.4 is 19.9 Å². The largest absolute Gasteiger partial charge is 0.486 e. The Hall–Kier alpha value is -2.97. The molecule has 0 spiro atoms. The Morgan fingerprint density at radius 1 is 1.06 bits per heavy atom. The van der Waals surface area contributed by atoms with Crippen LogP contribution in [0.4, 0.5) is 20.2 Å². The van der Waals surface area contributed by atoms with E-state index in [0.29, 0.717) is 53.1 Å². The number of halogens is 3. The predicted molar refractivity (Wildman–Crippen MR) is 135 cm³/mol. The van der Waals surface area contributed by atoms with Crippen LogP contribution in [-0.4, -0.2) is 55.3 Å². The summed E-state index contributed by atoms with van der Waals surface area (Å²) in [6.45, 7) is 8.45. The van der Waals surface area contributed by atoms with Crippen LogP contribution in [0, 0.1) is 11.6 Å². The van der Waals surface area contributed by atoms with Crippen molar-refractivity contribution in [3.63, 3.8) is 0 Å². The third kappa shape index (κ3) is 4.90. The van der Waals surface area contributed by atoms with E-state index in [2.05, 4.69) is 34.0 Å². The summed E-state index contributed by atoms with van der Waals surface area (Å²) in [5, 5.41) is 3.60. The van der Waals surface area contributed by atoms with Crippen molar-refractivity contribution in [2.24, 2.45) is 0 Å². The Bertz CT molecular complexity index is 1230. The number of benzene rings is 2. The van der Waals surface area contributed by atoms with Crippen molar-refractivity contribution in [3.8, 4) is 17.0 Å². The SMILES string of the molecule is CC(C)N1CCOc2c(F)cc(-c3nc(Cc4ccc(N5CCNCC5)c(F)c4)ncc3Cl)cc21. The van der Waals surface area contributed by atoms with Gasteiger partial charge in [0.15, 0.2) is 11.6 Å². The fourth-order valence-electron chi connectivity index (χ4n) is 4.67. The molecule has 0 amide bonds. The smallest absolute Gasteiger partial charge is 0.178 e. The average molecular weight is 500 g/mol. The monoisotopic (exact) mass is 499 g/mol. The Morgan fingerprint density at radius 2 is 1.86 bits per heavy atom. The second-order valence-electron chi connectivity index (χ2n) is 9.12. The summed E-state index contributed by atoms with van der Waals surface area (Å²) in [5.74, 6) is 0.0155. The summed E-state index contributed by atoms with van der Waals surface area (Å²) in [6.07, 6.45) is 1.84. The van der Waals surface area contributed by atoms with Crippen molar-refractivity contribution in [1.82, 2.24) is 15.3 Å². The molecule has 2 aliphatic rings. The van der Waals surface area contributed by atoms with Gasteiger partial charge in [-0.25, -0.2) is 18.7 Å². The molecule has 2 aliphatic heterocycles. The summed E-state index contributed by atoms with van der Waals surface area (Å²) < 4.78 is 35.4. The second-order valence-corrected chi connectivity index (χ2v) is 9.53. The number of rotatable bonds is 5. The molecule has 5 rings (SSSR count). The highest BCUT2D eigenvalue weighted by atomic mass is 35.5. The first-order valence-electron chi connectivity index (χ1n) is 11.9. The summed E-state index contributed by atoms with van der Waals surface area (Å²) in [7, 11) is 0. The van der Waals surface area contributed by atoms with E-state index < -0.39 is 5.82 Å². The quantitative estimate of drug-likeness (QED) is 0.550. The van der Waals surface area contributed by atoms with Crippen molar-refractivity contribution in [2.75, 3.05) is 49.1 Å². The number of nitrogens with zero attached hydrogens (tertiary/aromatic N) is 4. The summed E-state index contributed by atoms with van der Waals surface area (Å²) >= 11 is 6.44. The van der Waals surface area contributed by atoms with Crippen LogP contribution >= 0.6 is 11.6 Å². The van der Waals surface area contributed by atoms with Gasteiger partial charge in [-0.15, -0.1) is 0 Å². The van der Waals surface area contributed by atoms with Crippen LogP contribution in [0.3, 0.4) is 0 Å². The van der Waals surface area contributed by atoms with Crippen LogP contribution in [0.2, 0.25) is 5.02 Å². The normalized spacial score (nSPS) is 15.8. The number of ether oxygens (including phenoxy) is 1. The molecular weight excluding hydrogens is 472 g/mol. The molecule has 35 heavy (non-hydrogen) atoms. The van der Waals surface area contributed by atoms with E-state index in [0.717, 1.165) is 31.7 Å². The average Bonchev–Trinajstić information content (AvgIpc) is 2.85. The molecule has 1 saturated heterocycles. The van der Waals surface area contributed by atoms with Gasteiger partial charge in [0, 0.05) is 50.4 Å². The fourth-order valence-corrected chi connectivity index (χ4v) is 4.87. The first-order valence-corrected chi connectivity index (χ1v) is 12.3. The van der Waals surface area contributed by atoms with Gasteiger partial charge < -0.3 is 19.9 Å². The first kappa shape index (κ1) is 23.8. The van der Waals surface area contributed by atoms with E-state index in [-0.39, 0.29) is 17.6 Å². The topological polar surface area (TPSA) is 53.5 Å². The Labute approximate surface area is 208 Å². The number of piperazine rings is 1.